The predicted molar refractivity (Wildman–Crippen MR) is 143 cm³/mol. The van der Waals surface area contributed by atoms with Gasteiger partial charge in [0.1, 0.15) is 0 Å². The van der Waals surface area contributed by atoms with Crippen LogP contribution in [0.2, 0.25) is 0 Å². The van der Waals surface area contributed by atoms with Gasteiger partial charge in [0, 0.05) is 11.5 Å². The summed E-state index contributed by atoms with van der Waals surface area (Å²) in [6.07, 6.45) is 14.1. The highest BCUT2D eigenvalue weighted by Crippen LogP contribution is 2.40. The zero-order chi connectivity index (χ0) is 23.8. The second kappa shape index (κ2) is 12.9. The summed E-state index contributed by atoms with van der Waals surface area (Å²) in [5.74, 6) is 1.67. The molecule has 0 radical (unpaired) electrons. The maximum atomic E-state index is 6.31. The minimum Gasteiger partial charge on any atom is -0.348 e. The van der Waals surface area contributed by atoms with Crippen molar-refractivity contribution in [2.45, 2.75) is 115 Å². The zero-order valence-corrected chi connectivity index (χ0v) is 21.9. The number of ether oxygens (including phenoxy) is 2. The van der Waals surface area contributed by atoms with Crippen LogP contribution >= 0.6 is 0 Å². The van der Waals surface area contributed by atoms with Gasteiger partial charge < -0.3 is 9.47 Å². The molecule has 4 rings (SSSR count). The van der Waals surface area contributed by atoms with Gasteiger partial charge in [-0.3, -0.25) is 0 Å². The highest BCUT2D eigenvalue weighted by molar-refractivity contribution is 5.39. The van der Waals surface area contributed by atoms with Gasteiger partial charge in [-0.1, -0.05) is 102 Å². The fraction of sp³-hybridized carbons (Fsp3) is 0.625. The molecule has 1 aliphatic carbocycles. The van der Waals surface area contributed by atoms with Crippen molar-refractivity contribution in [3.63, 3.8) is 0 Å². The summed E-state index contributed by atoms with van der Waals surface area (Å²) in [5.41, 5.74) is 7.14. The van der Waals surface area contributed by atoms with E-state index in [0.29, 0.717) is 17.8 Å². The van der Waals surface area contributed by atoms with E-state index >= 15 is 0 Å². The molecule has 2 aliphatic rings. The molecule has 1 heterocycles. The van der Waals surface area contributed by atoms with Gasteiger partial charge in [0.05, 0.1) is 13.2 Å². The molecule has 1 saturated heterocycles. The van der Waals surface area contributed by atoms with Crippen molar-refractivity contribution in [3.8, 4) is 0 Å². The van der Waals surface area contributed by atoms with E-state index in [1.54, 1.807) is 5.56 Å². The fourth-order valence-corrected chi connectivity index (χ4v) is 5.93. The third-order valence-electron chi connectivity index (χ3n) is 8.10. The number of rotatable bonds is 10. The number of unbranched alkanes of at least 4 members (excludes halogenated alkanes) is 2. The zero-order valence-electron chi connectivity index (χ0n) is 21.9. The first-order valence-electron chi connectivity index (χ1n) is 14.1. The summed E-state index contributed by atoms with van der Waals surface area (Å²) < 4.78 is 12.6. The van der Waals surface area contributed by atoms with E-state index in [1.165, 1.54) is 87.3 Å². The number of hydrogen-bond donors (Lipinski definition) is 0. The number of aryl methyl sites for hydroxylation is 1. The van der Waals surface area contributed by atoms with Gasteiger partial charge >= 0.3 is 0 Å². The Bertz CT molecular complexity index is 857. The van der Waals surface area contributed by atoms with Crippen LogP contribution in [0.5, 0.6) is 0 Å². The Labute approximate surface area is 208 Å². The molecule has 0 spiro atoms. The van der Waals surface area contributed by atoms with Crippen molar-refractivity contribution in [1.29, 1.82) is 0 Å². The van der Waals surface area contributed by atoms with Gasteiger partial charge in [-0.05, 0) is 66.2 Å². The van der Waals surface area contributed by atoms with E-state index in [2.05, 4.69) is 63.2 Å². The minimum atomic E-state index is -0.233. The summed E-state index contributed by atoms with van der Waals surface area (Å²) in [5, 5.41) is 0. The summed E-state index contributed by atoms with van der Waals surface area (Å²) >= 11 is 0. The molecule has 2 aromatic rings. The molecule has 2 aromatic carbocycles. The van der Waals surface area contributed by atoms with E-state index in [1.807, 2.05) is 0 Å². The van der Waals surface area contributed by atoms with Crippen LogP contribution in [0.4, 0.5) is 0 Å². The third-order valence-corrected chi connectivity index (χ3v) is 8.10. The van der Waals surface area contributed by atoms with Crippen LogP contribution in [0.3, 0.4) is 0 Å². The molecule has 0 N–H and O–H groups in total. The molecule has 2 nitrogen and oxygen atoms in total. The average Bonchev–Trinajstić information content (AvgIpc) is 2.90. The van der Waals surface area contributed by atoms with E-state index in [4.69, 9.17) is 9.47 Å². The van der Waals surface area contributed by atoms with Gasteiger partial charge in [0.15, 0.2) is 6.29 Å². The Morgan fingerprint density at radius 3 is 2.21 bits per heavy atom. The standard InChI is InChI=1S/C32H46O2/c1-4-6-8-12-25-15-17-27(18-16-25)32-33-22-29(23-34-32)30-20-19-28(24(3)11-5-2)21-31(30)26-13-9-7-10-14-26/h15-21,24,26,29,32H,4-14,22-23H2,1-3H3/t24?,29-,32-. The Kier molecular flexibility index (Phi) is 9.65. The van der Waals surface area contributed by atoms with Crippen LogP contribution in [0, 0.1) is 0 Å². The maximum Gasteiger partial charge on any atom is 0.183 e. The molecule has 1 saturated carbocycles. The molecule has 186 valence electrons. The highest BCUT2D eigenvalue weighted by Gasteiger charge is 2.29. The molecule has 2 fully saturated rings. The van der Waals surface area contributed by atoms with Gasteiger partial charge in [0.25, 0.3) is 0 Å². The first-order valence-corrected chi connectivity index (χ1v) is 14.1. The Balaban J connectivity index is 1.43. The van der Waals surface area contributed by atoms with Crippen molar-refractivity contribution in [2.24, 2.45) is 0 Å². The monoisotopic (exact) mass is 462 g/mol. The van der Waals surface area contributed by atoms with E-state index in [0.717, 1.165) is 18.8 Å². The van der Waals surface area contributed by atoms with Crippen molar-refractivity contribution in [3.05, 3.63) is 70.3 Å². The lowest BCUT2D eigenvalue weighted by molar-refractivity contribution is -0.191. The first kappa shape index (κ1) is 25.5. The molecular weight excluding hydrogens is 416 g/mol. The average molecular weight is 463 g/mol. The summed E-state index contributed by atoms with van der Waals surface area (Å²) in [6, 6.07) is 16.2. The van der Waals surface area contributed by atoms with Gasteiger partial charge in [-0.2, -0.15) is 0 Å². The SMILES string of the molecule is CCCCCc1ccc([C@H]2OC[C@H](c3ccc(C(C)CCC)cc3C3CCCCC3)CO2)cc1. The highest BCUT2D eigenvalue weighted by atomic mass is 16.7. The van der Waals surface area contributed by atoms with Gasteiger partial charge in [-0.15, -0.1) is 0 Å². The van der Waals surface area contributed by atoms with Crippen molar-refractivity contribution in [1.82, 2.24) is 0 Å². The molecule has 0 aromatic heterocycles. The summed E-state index contributed by atoms with van der Waals surface area (Å²) in [6.45, 7) is 8.42. The van der Waals surface area contributed by atoms with E-state index in [9.17, 15) is 0 Å². The van der Waals surface area contributed by atoms with Crippen LogP contribution in [-0.2, 0) is 15.9 Å². The molecule has 1 unspecified atom stereocenters. The van der Waals surface area contributed by atoms with Crippen molar-refractivity contribution in [2.75, 3.05) is 13.2 Å². The van der Waals surface area contributed by atoms with Crippen LogP contribution < -0.4 is 0 Å². The lowest BCUT2D eigenvalue weighted by Crippen LogP contribution is -2.27. The van der Waals surface area contributed by atoms with Crippen molar-refractivity contribution < 1.29 is 9.47 Å². The second-order valence-electron chi connectivity index (χ2n) is 10.8. The van der Waals surface area contributed by atoms with E-state index in [-0.39, 0.29) is 6.29 Å². The van der Waals surface area contributed by atoms with Crippen molar-refractivity contribution >= 4 is 0 Å². The summed E-state index contributed by atoms with van der Waals surface area (Å²) in [7, 11) is 0. The topological polar surface area (TPSA) is 18.5 Å². The van der Waals surface area contributed by atoms with Crippen LogP contribution in [0.15, 0.2) is 42.5 Å². The fourth-order valence-electron chi connectivity index (χ4n) is 5.93. The molecule has 0 amide bonds. The Morgan fingerprint density at radius 2 is 1.53 bits per heavy atom. The van der Waals surface area contributed by atoms with Crippen LogP contribution in [0.1, 0.15) is 137 Å². The Morgan fingerprint density at radius 1 is 0.794 bits per heavy atom. The second-order valence-corrected chi connectivity index (χ2v) is 10.8. The largest absolute Gasteiger partial charge is 0.348 e. The number of hydrogen-bond acceptors (Lipinski definition) is 2. The molecular formula is C32H46O2. The van der Waals surface area contributed by atoms with Crippen LogP contribution in [-0.4, -0.2) is 13.2 Å². The lowest BCUT2D eigenvalue weighted by atomic mass is 9.78. The molecule has 34 heavy (non-hydrogen) atoms. The molecule has 1 aliphatic heterocycles. The first-order chi connectivity index (χ1) is 16.7. The molecule has 1 atom stereocenters. The summed E-state index contributed by atoms with van der Waals surface area (Å²) in [4.78, 5) is 0. The lowest BCUT2D eigenvalue weighted by Gasteiger charge is -2.33. The van der Waals surface area contributed by atoms with Gasteiger partial charge in [-0.25, -0.2) is 0 Å². The predicted octanol–water partition coefficient (Wildman–Crippen LogP) is 9.20. The molecule has 2 heteroatoms. The number of benzene rings is 2. The van der Waals surface area contributed by atoms with E-state index < -0.39 is 0 Å². The van der Waals surface area contributed by atoms with Gasteiger partial charge in [0.2, 0.25) is 0 Å². The van der Waals surface area contributed by atoms with Crippen LogP contribution in [0.25, 0.3) is 0 Å². The third kappa shape index (κ3) is 6.52. The Hall–Kier alpha value is -1.64. The maximum absolute atomic E-state index is 6.31. The minimum absolute atomic E-state index is 0.233. The quantitative estimate of drug-likeness (QED) is 0.328. The smallest absolute Gasteiger partial charge is 0.183 e. The normalized spacial score (nSPS) is 22.6. The molecule has 0 bridgehead atoms.